The molecule has 0 radical (unpaired) electrons. The Labute approximate surface area is 140 Å². The third-order valence-electron chi connectivity index (χ3n) is 3.99. The molecular weight excluding hydrogens is 310 g/mol. The summed E-state index contributed by atoms with van der Waals surface area (Å²) in [6.07, 6.45) is 4.89. The van der Waals surface area contributed by atoms with Gasteiger partial charge in [-0.05, 0) is 19.3 Å². The molecule has 3 rings (SSSR count). The van der Waals surface area contributed by atoms with Crippen LogP contribution in [0.3, 0.4) is 0 Å². The number of aryl methyl sites for hydroxylation is 2. The molecule has 0 saturated heterocycles. The van der Waals surface area contributed by atoms with Crippen molar-refractivity contribution in [2.24, 2.45) is 7.05 Å². The zero-order valence-corrected chi connectivity index (χ0v) is 14.0. The Morgan fingerprint density at radius 2 is 2.29 bits per heavy atom. The molecule has 2 aromatic heterocycles. The minimum Gasteiger partial charge on any atom is -0.385 e. The lowest BCUT2D eigenvalue weighted by Gasteiger charge is -2.09. The molecule has 2 aromatic rings. The van der Waals surface area contributed by atoms with Gasteiger partial charge in [-0.2, -0.15) is 5.10 Å². The summed E-state index contributed by atoms with van der Waals surface area (Å²) in [6, 6.07) is 1.65. The minimum atomic E-state index is -0.285. The maximum absolute atomic E-state index is 12.1. The van der Waals surface area contributed by atoms with E-state index in [0.29, 0.717) is 30.7 Å². The standard InChI is InChI=1S/C15H23N7O2/c1-21-13(8-12(20-21)11-4-5-11)18-15(23)16-9-14-19-17-10-22(14)6-3-7-24-2/h8,10-11H,3-7,9H2,1-2H3,(H2,16,18,23). The van der Waals surface area contributed by atoms with Crippen LogP contribution in [-0.4, -0.2) is 44.3 Å². The molecule has 0 unspecified atom stereocenters. The average molecular weight is 333 g/mol. The van der Waals surface area contributed by atoms with E-state index in [4.69, 9.17) is 4.74 Å². The third kappa shape index (κ3) is 4.10. The Morgan fingerprint density at radius 3 is 3.04 bits per heavy atom. The summed E-state index contributed by atoms with van der Waals surface area (Å²) in [5, 5.41) is 18.0. The lowest BCUT2D eigenvalue weighted by molar-refractivity contribution is 0.190. The summed E-state index contributed by atoms with van der Waals surface area (Å²) in [4.78, 5) is 12.1. The van der Waals surface area contributed by atoms with E-state index in [-0.39, 0.29) is 6.03 Å². The number of carbonyl (C=O) groups is 1. The van der Waals surface area contributed by atoms with Gasteiger partial charge in [0.05, 0.1) is 12.2 Å². The molecule has 0 bridgehead atoms. The van der Waals surface area contributed by atoms with Crippen molar-refractivity contribution < 1.29 is 9.53 Å². The molecule has 9 nitrogen and oxygen atoms in total. The molecule has 130 valence electrons. The first-order chi connectivity index (χ1) is 11.7. The number of ether oxygens (including phenoxy) is 1. The molecule has 0 atom stereocenters. The van der Waals surface area contributed by atoms with Crippen LogP contribution in [0.1, 0.15) is 36.7 Å². The summed E-state index contributed by atoms with van der Waals surface area (Å²) in [7, 11) is 3.50. The number of methoxy groups -OCH3 is 1. The van der Waals surface area contributed by atoms with E-state index in [2.05, 4.69) is 25.9 Å². The monoisotopic (exact) mass is 333 g/mol. The quantitative estimate of drug-likeness (QED) is 0.708. The number of aromatic nitrogens is 5. The molecule has 1 aliphatic carbocycles. The Balaban J connectivity index is 1.50. The lowest BCUT2D eigenvalue weighted by Crippen LogP contribution is -2.30. The Kier molecular flexibility index (Phi) is 5.09. The van der Waals surface area contributed by atoms with Gasteiger partial charge in [-0.3, -0.25) is 10.00 Å². The van der Waals surface area contributed by atoms with Gasteiger partial charge in [0, 0.05) is 39.3 Å². The van der Waals surface area contributed by atoms with Gasteiger partial charge in [0.1, 0.15) is 12.1 Å². The molecule has 2 N–H and O–H groups in total. The highest BCUT2D eigenvalue weighted by Gasteiger charge is 2.27. The zero-order chi connectivity index (χ0) is 16.9. The first kappa shape index (κ1) is 16.4. The van der Waals surface area contributed by atoms with Gasteiger partial charge < -0.3 is 14.6 Å². The Hall–Kier alpha value is -2.42. The highest BCUT2D eigenvalue weighted by atomic mass is 16.5. The number of nitrogens with one attached hydrogen (secondary N) is 2. The van der Waals surface area contributed by atoms with E-state index < -0.39 is 0 Å². The van der Waals surface area contributed by atoms with E-state index in [1.54, 1.807) is 18.1 Å². The van der Waals surface area contributed by atoms with E-state index in [9.17, 15) is 4.79 Å². The summed E-state index contributed by atoms with van der Waals surface area (Å²) < 4.78 is 8.64. The number of rotatable bonds is 8. The van der Waals surface area contributed by atoms with Crippen LogP contribution in [0.4, 0.5) is 10.6 Å². The molecule has 24 heavy (non-hydrogen) atoms. The lowest BCUT2D eigenvalue weighted by atomic mass is 10.3. The second-order valence-electron chi connectivity index (χ2n) is 5.95. The minimum absolute atomic E-state index is 0.285. The van der Waals surface area contributed by atoms with Crippen molar-refractivity contribution in [1.82, 2.24) is 29.9 Å². The van der Waals surface area contributed by atoms with Crippen molar-refractivity contribution in [3.63, 3.8) is 0 Å². The largest absolute Gasteiger partial charge is 0.385 e. The first-order valence-corrected chi connectivity index (χ1v) is 8.11. The highest BCUT2D eigenvalue weighted by molar-refractivity contribution is 5.88. The van der Waals surface area contributed by atoms with E-state index in [1.165, 1.54) is 12.8 Å². The number of hydrogen-bond acceptors (Lipinski definition) is 5. The first-order valence-electron chi connectivity index (χ1n) is 8.11. The van der Waals surface area contributed by atoms with Crippen LogP contribution in [-0.2, 0) is 24.9 Å². The zero-order valence-electron chi connectivity index (χ0n) is 14.0. The Morgan fingerprint density at radius 1 is 1.46 bits per heavy atom. The molecule has 1 fully saturated rings. The summed E-state index contributed by atoms with van der Waals surface area (Å²) in [5.74, 6) is 1.96. The molecule has 1 aliphatic rings. The Bertz CT molecular complexity index is 690. The van der Waals surface area contributed by atoms with Gasteiger partial charge in [-0.15, -0.1) is 10.2 Å². The number of amides is 2. The molecule has 9 heteroatoms. The summed E-state index contributed by atoms with van der Waals surface area (Å²) in [6.45, 7) is 1.74. The fraction of sp³-hybridized carbons (Fsp3) is 0.600. The number of hydrogen-bond donors (Lipinski definition) is 2. The molecule has 0 aromatic carbocycles. The fourth-order valence-electron chi connectivity index (χ4n) is 2.49. The van der Waals surface area contributed by atoms with E-state index in [0.717, 1.165) is 18.7 Å². The van der Waals surface area contributed by atoms with Gasteiger partial charge in [0.25, 0.3) is 0 Å². The van der Waals surface area contributed by atoms with Crippen LogP contribution in [0.15, 0.2) is 12.4 Å². The number of carbonyl (C=O) groups excluding carboxylic acids is 1. The number of urea groups is 1. The van der Waals surface area contributed by atoms with Crippen LogP contribution in [0.25, 0.3) is 0 Å². The van der Waals surface area contributed by atoms with Crippen molar-refractivity contribution in [2.45, 2.75) is 38.3 Å². The third-order valence-corrected chi connectivity index (χ3v) is 3.99. The topological polar surface area (TPSA) is 98.9 Å². The van der Waals surface area contributed by atoms with Gasteiger partial charge in [0.15, 0.2) is 5.82 Å². The highest BCUT2D eigenvalue weighted by Crippen LogP contribution is 2.39. The second kappa shape index (κ2) is 7.43. The van der Waals surface area contributed by atoms with Crippen molar-refractivity contribution in [3.8, 4) is 0 Å². The van der Waals surface area contributed by atoms with Crippen molar-refractivity contribution in [1.29, 1.82) is 0 Å². The second-order valence-corrected chi connectivity index (χ2v) is 5.95. The van der Waals surface area contributed by atoms with Crippen LogP contribution >= 0.6 is 0 Å². The molecule has 1 saturated carbocycles. The van der Waals surface area contributed by atoms with Gasteiger partial charge >= 0.3 is 6.03 Å². The van der Waals surface area contributed by atoms with Crippen LogP contribution in [0.2, 0.25) is 0 Å². The molecule has 0 spiro atoms. The molecule has 2 heterocycles. The smallest absolute Gasteiger partial charge is 0.320 e. The van der Waals surface area contributed by atoms with E-state index in [1.807, 2.05) is 17.7 Å². The van der Waals surface area contributed by atoms with Crippen LogP contribution in [0.5, 0.6) is 0 Å². The SMILES string of the molecule is COCCCn1cnnc1CNC(=O)Nc1cc(C2CC2)nn1C. The van der Waals surface area contributed by atoms with Crippen LogP contribution < -0.4 is 10.6 Å². The van der Waals surface area contributed by atoms with Crippen molar-refractivity contribution in [3.05, 3.63) is 23.9 Å². The fourth-order valence-corrected chi connectivity index (χ4v) is 2.49. The summed E-state index contributed by atoms with van der Waals surface area (Å²) >= 11 is 0. The predicted molar refractivity (Wildman–Crippen MR) is 87.6 cm³/mol. The van der Waals surface area contributed by atoms with Crippen LogP contribution in [0, 0.1) is 0 Å². The maximum atomic E-state index is 12.1. The molecule has 2 amide bonds. The van der Waals surface area contributed by atoms with Crippen molar-refractivity contribution >= 4 is 11.8 Å². The average Bonchev–Trinajstić information content (AvgIpc) is 3.22. The normalized spacial score (nSPS) is 13.9. The van der Waals surface area contributed by atoms with E-state index >= 15 is 0 Å². The molecule has 0 aliphatic heterocycles. The predicted octanol–water partition coefficient (Wildman–Crippen LogP) is 1.25. The number of anilines is 1. The summed E-state index contributed by atoms with van der Waals surface area (Å²) in [5.41, 5.74) is 1.05. The van der Waals surface area contributed by atoms with Gasteiger partial charge in [0.2, 0.25) is 0 Å². The maximum Gasteiger partial charge on any atom is 0.320 e. The number of nitrogens with zero attached hydrogens (tertiary/aromatic N) is 5. The van der Waals surface area contributed by atoms with Crippen molar-refractivity contribution in [2.75, 3.05) is 19.0 Å². The molecular formula is C15H23N7O2. The van der Waals surface area contributed by atoms with Gasteiger partial charge in [-0.1, -0.05) is 0 Å². The van der Waals surface area contributed by atoms with Gasteiger partial charge in [-0.25, -0.2) is 4.79 Å².